The minimum Gasteiger partial charge on any atom is -0.388 e. The molecule has 2 aromatic carbocycles. The van der Waals surface area contributed by atoms with E-state index in [1.54, 1.807) is 18.2 Å². The van der Waals surface area contributed by atoms with Crippen LogP contribution >= 0.6 is 50.1 Å². The van der Waals surface area contributed by atoms with E-state index >= 15 is 0 Å². The van der Waals surface area contributed by atoms with Crippen LogP contribution in [0.1, 0.15) is 10.4 Å². The predicted molar refractivity (Wildman–Crippen MR) is 113 cm³/mol. The minimum atomic E-state index is -1.27. The number of aliphatic hydroxyl groups is 1. The molecule has 28 heavy (non-hydrogen) atoms. The van der Waals surface area contributed by atoms with Gasteiger partial charge in [-0.1, -0.05) is 11.6 Å². The van der Waals surface area contributed by atoms with Crippen molar-refractivity contribution in [2.24, 2.45) is 0 Å². The molecule has 3 N–H and O–H groups in total. The van der Waals surface area contributed by atoms with Crippen molar-refractivity contribution in [3.05, 3.63) is 54.5 Å². The van der Waals surface area contributed by atoms with E-state index in [-0.39, 0.29) is 34.0 Å². The molecule has 152 valence electrons. The van der Waals surface area contributed by atoms with Gasteiger partial charge in [-0.3, -0.25) is 9.63 Å². The maximum absolute atomic E-state index is 14.5. The van der Waals surface area contributed by atoms with Crippen LogP contribution in [0.2, 0.25) is 5.02 Å². The van der Waals surface area contributed by atoms with E-state index in [1.807, 2.05) is 0 Å². The molecular weight excluding hydrogens is 576 g/mol. The third-order valence-electron chi connectivity index (χ3n) is 3.40. The average Bonchev–Trinajstić information content (AvgIpc) is 2.63. The number of benzene rings is 2. The van der Waals surface area contributed by atoms with E-state index in [4.69, 9.17) is 21.2 Å². The number of halogens is 5. The maximum Gasteiger partial charge on any atom is 0.277 e. The van der Waals surface area contributed by atoms with E-state index in [1.165, 1.54) is 7.11 Å². The molecular formula is C17H15BrClF2IN2O4. The molecule has 1 amide bonds. The van der Waals surface area contributed by atoms with Crippen molar-refractivity contribution in [2.75, 3.05) is 25.6 Å². The standard InChI is InChI=1S/C17H15BrClF2IN2O4/c1-27-6-9(25)7-28-24-17(26)10-5-11(18)14(20)15(21)16(10)23-13-3-2-8(22)4-12(13)19/h2-5,9,23,25H,6-7H2,1H3,(H,24,26). The second kappa shape index (κ2) is 10.6. The van der Waals surface area contributed by atoms with Crippen molar-refractivity contribution in [3.63, 3.8) is 0 Å². The van der Waals surface area contributed by atoms with Crippen molar-refractivity contribution >= 4 is 67.4 Å². The number of methoxy groups -OCH3 is 1. The van der Waals surface area contributed by atoms with E-state index in [0.717, 1.165) is 9.64 Å². The van der Waals surface area contributed by atoms with Gasteiger partial charge in [-0.05, 0) is 62.8 Å². The highest BCUT2D eigenvalue weighted by atomic mass is 127. The van der Waals surface area contributed by atoms with E-state index < -0.39 is 29.3 Å². The van der Waals surface area contributed by atoms with Crippen molar-refractivity contribution < 1.29 is 28.3 Å². The molecule has 0 aliphatic rings. The number of nitrogens with one attached hydrogen (secondary N) is 2. The first kappa shape index (κ1) is 23.2. The summed E-state index contributed by atoms with van der Waals surface area (Å²) in [7, 11) is 1.40. The number of anilines is 2. The third-order valence-corrected chi connectivity index (χ3v) is 4.96. The fourth-order valence-electron chi connectivity index (χ4n) is 2.12. The second-order valence-corrected chi connectivity index (χ2v) is 8.02. The Hall–Kier alpha value is -1.05. The van der Waals surface area contributed by atoms with E-state index in [9.17, 15) is 18.7 Å². The fourth-order valence-corrected chi connectivity index (χ4v) is 3.43. The molecule has 1 atom stereocenters. The zero-order valence-electron chi connectivity index (χ0n) is 14.4. The molecule has 0 spiro atoms. The summed E-state index contributed by atoms with van der Waals surface area (Å²) >= 11 is 11.0. The van der Waals surface area contributed by atoms with Gasteiger partial charge in [0, 0.05) is 10.7 Å². The maximum atomic E-state index is 14.5. The SMILES string of the molecule is COCC(O)CONC(=O)c1cc(Br)c(F)c(F)c1Nc1ccc(I)cc1Cl. The molecule has 0 aromatic heterocycles. The van der Waals surface area contributed by atoms with Gasteiger partial charge in [-0.15, -0.1) is 0 Å². The van der Waals surface area contributed by atoms with Gasteiger partial charge in [0.25, 0.3) is 5.91 Å². The van der Waals surface area contributed by atoms with Crippen LogP contribution in [0.4, 0.5) is 20.2 Å². The lowest BCUT2D eigenvalue weighted by Gasteiger charge is -2.16. The van der Waals surface area contributed by atoms with Gasteiger partial charge in [0.05, 0.1) is 33.0 Å². The van der Waals surface area contributed by atoms with Gasteiger partial charge in [0.2, 0.25) is 0 Å². The second-order valence-electron chi connectivity index (χ2n) is 5.51. The molecule has 6 nitrogen and oxygen atoms in total. The number of aliphatic hydroxyl groups excluding tert-OH is 1. The third kappa shape index (κ3) is 5.97. The Bertz CT molecular complexity index is 876. The summed E-state index contributed by atoms with van der Waals surface area (Å²) < 4.78 is 33.9. The van der Waals surface area contributed by atoms with Gasteiger partial charge >= 0.3 is 0 Å². The van der Waals surface area contributed by atoms with Crippen LogP contribution in [-0.4, -0.2) is 37.4 Å². The summed E-state index contributed by atoms with van der Waals surface area (Å²) in [5.41, 5.74) is 1.71. The first-order valence-corrected chi connectivity index (χ1v) is 9.98. The van der Waals surface area contributed by atoms with Crippen LogP contribution in [-0.2, 0) is 9.57 Å². The lowest BCUT2D eigenvalue weighted by atomic mass is 10.1. The first-order chi connectivity index (χ1) is 13.2. The van der Waals surface area contributed by atoms with Crippen LogP contribution in [0, 0.1) is 15.2 Å². The molecule has 1 unspecified atom stereocenters. The monoisotopic (exact) mass is 590 g/mol. The minimum absolute atomic E-state index is 0.00467. The normalized spacial score (nSPS) is 12.0. The highest BCUT2D eigenvalue weighted by molar-refractivity contribution is 14.1. The summed E-state index contributed by atoms with van der Waals surface area (Å²) in [6.45, 7) is -0.249. The largest absolute Gasteiger partial charge is 0.388 e. The summed E-state index contributed by atoms with van der Waals surface area (Å²) in [6.07, 6.45) is -0.967. The number of amides is 1. The van der Waals surface area contributed by atoms with Crippen molar-refractivity contribution in [1.82, 2.24) is 5.48 Å². The summed E-state index contributed by atoms with van der Waals surface area (Å²) in [5, 5.41) is 12.4. The number of hydroxylamine groups is 1. The lowest BCUT2D eigenvalue weighted by Crippen LogP contribution is -2.30. The molecule has 0 aliphatic heterocycles. The zero-order valence-corrected chi connectivity index (χ0v) is 18.9. The van der Waals surface area contributed by atoms with Crippen LogP contribution < -0.4 is 10.8 Å². The Morgan fingerprint density at radius 2 is 2.04 bits per heavy atom. The fraction of sp³-hybridized carbons (Fsp3) is 0.235. The van der Waals surface area contributed by atoms with E-state index in [0.29, 0.717) is 0 Å². The van der Waals surface area contributed by atoms with Crippen LogP contribution in [0.25, 0.3) is 0 Å². The number of ether oxygens (including phenoxy) is 1. The summed E-state index contributed by atoms with van der Waals surface area (Å²) in [5.74, 6) is -3.29. The van der Waals surface area contributed by atoms with Crippen molar-refractivity contribution in [1.29, 1.82) is 0 Å². The molecule has 2 rings (SSSR count). The zero-order chi connectivity index (χ0) is 20.8. The van der Waals surface area contributed by atoms with Crippen LogP contribution in [0.3, 0.4) is 0 Å². The summed E-state index contributed by atoms with van der Waals surface area (Å²) in [6, 6.07) is 6.01. The van der Waals surface area contributed by atoms with Gasteiger partial charge in [-0.2, -0.15) is 0 Å². The number of hydrogen-bond acceptors (Lipinski definition) is 5. The predicted octanol–water partition coefficient (Wildman–Crippen LogP) is 4.40. The average molecular weight is 592 g/mol. The van der Waals surface area contributed by atoms with Gasteiger partial charge in [0.1, 0.15) is 12.7 Å². The highest BCUT2D eigenvalue weighted by Crippen LogP contribution is 2.34. The number of rotatable bonds is 8. The smallest absolute Gasteiger partial charge is 0.277 e. The van der Waals surface area contributed by atoms with Gasteiger partial charge < -0.3 is 15.2 Å². The molecule has 0 fully saturated rings. The molecule has 11 heteroatoms. The van der Waals surface area contributed by atoms with Crippen molar-refractivity contribution in [3.8, 4) is 0 Å². The lowest BCUT2D eigenvalue weighted by molar-refractivity contribution is -0.0365. The van der Waals surface area contributed by atoms with Crippen LogP contribution in [0.15, 0.2) is 28.7 Å². The van der Waals surface area contributed by atoms with Gasteiger partial charge in [-0.25, -0.2) is 14.3 Å². The quantitative estimate of drug-likeness (QED) is 0.241. The molecule has 0 saturated heterocycles. The highest BCUT2D eigenvalue weighted by Gasteiger charge is 2.23. The Morgan fingerprint density at radius 1 is 1.32 bits per heavy atom. The Morgan fingerprint density at radius 3 is 2.68 bits per heavy atom. The molecule has 0 radical (unpaired) electrons. The van der Waals surface area contributed by atoms with Crippen molar-refractivity contribution in [2.45, 2.75) is 6.10 Å². The summed E-state index contributed by atoms with van der Waals surface area (Å²) in [4.78, 5) is 17.3. The first-order valence-electron chi connectivity index (χ1n) is 7.73. The molecule has 0 aliphatic carbocycles. The Balaban J connectivity index is 2.29. The topological polar surface area (TPSA) is 79.8 Å². The number of carbonyl (C=O) groups excluding carboxylic acids is 1. The van der Waals surface area contributed by atoms with Crippen LogP contribution in [0.5, 0.6) is 0 Å². The molecule has 0 bridgehead atoms. The van der Waals surface area contributed by atoms with E-state index in [2.05, 4.69) is 49.3 Å². The number of carbonyl (C=O) groups is 1. The van der Waals surface area contributed by atoms with Gasteiger partial charge in [0.15, 0.2) is 11.6 Å². The Labute approximate surface area is 186 Å². The molecule has 2 aromatic rings. The molecule has 0 heterocycles. The molecule has 0 saturated carbocycles. The Kier molecular flexibility index (Phi) is 8.83. The number of hydrogen-bond donors (Lipinski definition) is 3.